The molecule has 2 aliphatic rings. The zero-order valence-corrected chi connectivity index (χ0v) is 11.6. The third kappa shape index (κ3) is 2.28. The molecule has 0 spiro atoms. The number of thiophene rings is 1. The van der Waals surface area contributed by atoms with Crippen LogP contribution in [0.5, 0.6) is 0 Å². The van der Waals surface area contributed by atoms with E-state index in [9.17, 15) is 0 Å². The summed E-state index contributed by atoms with van der Waals surface area (Å²) in [7, 11) is 0. The fraction of sp³-hybridized carbons (Fsp3) is 0.714. The van der Waals surface area contributed by atoms with Crippen LogP contribution in [0.25, 0.3) is 0 Å². The number of nitrogens with one attached hydrogen (secondary N) is 1. The minimum atomic E-state index is 0.598. The molecule has 94 valence electrons. The molecule has 1 aromatic rings. The van der Waals surface area contributed by atoms with Gasteiger partial charge in [0.15, 0.2) is 0 Å². The molecule has 1 aromatic heterocycles. The van der Waals surface area contributed by atoms with Gasteiger partial charge in [0.25, 0.3) is 0 Å². The van der Waals surface area contributed by atoms with Crippen molar-refractivity contribution in [3.8, 4) is 0 Å². The van der Waals surface area contributed by atoms with Crippen LogP contribution in [-0.2, 0) is 0 Å². The van der Waals surface area contributed by atoms with Crippen molar-refractivity contribution < 1.29 is 0 Å². The number of rotatable bonds is 2. The average molecular weight is 250 g/mol. The van der Waals surface area contributed by atoms with Crippen LogP contribution in [-0.4, -0.2) is 30.6 Å². The van der Waals surface area contributed by atoms with Gasteiger partial charge in [0.1, 0.15) is 0 Å². The number of hydrogen-bond acceptors (Lipinski definition) is 3. The maximum absolute atomic E-state index is 3.68. The van der Waals surface area contributed by atoms with E-state index < -0.39 is 0 Å². The van der Waals surface area contributed by atoms with Crippen molar-refractivity contribution in [2.75, 3.05) is 19.6 Å². The van der Waals surface area contributed by atoms with Gasteiger partial charge in [-0.3, -0.25) is 4.90 Å². The Morgan fingerprint density at radius 2 is 2.29 bits per heavy atom. The van der Waals surface area contributed by atoms with Crippen LogP contribution in [0.1, 0.15) is 35.6 Å². The van der Waals surface area contributed by atoms with E-state index >= 15 is 0 Å². The zero-order valence-electron chi connectivity index (χ0n) is 10.8. The standard InChI is InChI=1S/C14H22N2S/c1-10-5-6-14(17-10)11(2)16-8-12-4-3-7-15-13(12)9-16/h5-6,11-13,15H,3-4,7-9H2,1-2H3. The second-order valence-corrected chi connectivity index (χ2v) is 6.86. The van der Waals surface area contributed by atoms with E-state index in [0.717, 1.165) is 12.0 Å². The second-order valence-electron chi connectivity index (χ2n) is 5.54. The highest BCUT2D eigenvalue weighted by atomic mass is 32.1. The fourth-order valence-corrected chi connectivity index (χ4v) is 4.22. The smallest absolute Gasteiger partial charge is 0.0414 e. The molecule has 1 N–H and O–H groups in total. The zero-order chi connectivity index (χ0) is 11.8. The summed E-state index contributed by atoms with van der Waals surface area (Å²) in [5, 5.41) is 3.68. The summed E-state index contributed by atoms with van der Waals surface area (Å²) < 4.78 is 0. The van der Waals surface area contributed by atoms with Gasteiger partial charge in [-0.15, -0.1) is 11.3 Å². The first-order chi connectivity index (χ1) is 8.24. The van der Waals surface area contributed by atoms with Gasteiger partial charge in [0, 0.05) is 34.9 Å². The number of likely N-dealkylation sites (tertiary alicyclic amines) is 1. The van der Waals surface area contributed by atoms with Crippen LogP contribution in [0.15, 0.2) is 12.1 Å². The number of fused-ring (bicyclic) bond motifs is 1. The SMILES string of the molecule is Cc1ccc(C(C)N2CC3CCCNC3C2)s1. The molecular weight excluding hydrogens is 228 g/mol. The van der Waals surface area contributed by atoms with Crippen LogP contribution in [0.3, 0.4) is 0 Å². The van der Waals surface area contributed by atoms with E-state index in [1.807, 2.05) is 11.3 Å². The molecule has 0 saturated carbocycles. The Labute approximate surface area is 108 Å². The average Bonchev–Trinajstić information content (AvgIpc) is 2.93. The van der Waals surface area contributed by atoms with E-state index in [4.69, 9.17) is 0 Å². The number of aryl methyl sites for hydroxylation is 1. The lowest BCUT2D eigenvalue weighted by atomic mass is 9.94. The van der Waals surface area contributed by atoms with E-state index in [1.165, 1.54) is 42.2 Å². The van der Waals surface area contributed by atoms with Crippen molar-refractivity contribution in [3.63, 3.8) is 0 Å². The molecule has 2 fully saturated rings. The summed E-state index contributed by atoms with van der Waals surface area (Å²) in [4.78, 5) is 5.63. The van der Waals surface area contributed by atoms with Crippen molar-refractivity contribution >= 4 is 11.3 Å². The van der Waals surface area contributed by atoms with Crippen LogP contribution >= 0.6 is 11.3 Å². The fourth-order valence-electron chi connectivity index (χ4n) is 3.25. The first kappa shape index (κ1) is 11.7. The molecule has 0 amide bonds. The molecule has 0 aromatic carbocycles. The first-order valence-electron chi connectivity index (χ1n) is 6.78. The second kappa shape index (κ2) is 4.71. The van der Waals surface area contributed by atoms with E-state index in [1.54, 1.807) is 0 Å². The van der Waals surface area contributed by atoms with E-state index in [0.29, 0.717) is 6.04 Å². The minimum Gasteiger partial charge on any atom is -0.312 e. The quantitative estimate of drug-likeness (QED) is 0.868. The molecule has 3 unspecified atom stereocenters. The lowest BCUT2D eigenvalue weighted by molar-refractivity contribution is 0.254. The highest BCUT2D eigenvalue weighted by Crippen LogP contribution is 2.33. The van der Waals surface area contributed by atoms with Crippen LogP contribution in [0.4, 0.5) is 0 Å². The van der Waals surface area contributed by atoms with Gasteiger partial charge in [-0.25, -0.2) is 0 Å². The van der Waals surface area contributed by atoms with Gasteiger partial charge in [0.2, 0.25) is 0 Å². The van der Waals surface area contributed by atoms with Crippen LogP contribution < -0.4 is 5.32 Å². The Hall–Kier alpha value is -0.380. The highest BCUT2D eigenvalue weighted by Gasteiger charge is 2.36. The molecule has 2 aliphatic heterocycles. The normalized spacial score (nSPS) is 31.4. The molecule has 0 bridgehead atoms. The molecule has 3 rings (SSSR count). The van der Waals surface area contributed by atoms with Crippen molar-refractivity contribution in [1.29, 1.82) is 0 Å². The molecule has 0 radical (unpaired) electrons. The number of piperidine rings is 1. The van der Waals surface area contributed by atoms with Gasteiger partial charge < -0.3 is 5.32 Å². The molecular formula is C14H22N2S. The summed E-state index contributed by atoms with van der Waals surface area (Å²) in [6, 6.07) is 5.91. The monoisotopic (exact) mass is 250 g/mol. The van der Waals surface area contributed by atoms with Crippen molar-refractivity contribution in [3.05, 3.63) is 21.9 Å². The molecule has 2 nitrogen and oxygen atoms in total. The Balaban J connectivity index is 1.69. The molecule has 0 aliphatic carbocycles. The predicted molar refractivity (Wildman–Crippen MR) is 73.6 cm³/mol. The predicted octanol–water partition coefficient (Wildman–Crippen LogP) is 2.80. The Bertz CT molecular complexity index is 373. The minimum absolute atomic E-state index is 0.598. The lowest BCUT2D eigenvalue weighted by Crippen LogP contribution is -2.40. The van der Waals surface area contributed by atoms with Crippen molar-refractivity contribution in [1.82, 2.24) is 10.2 Å². The van der Waals surface area contributed by atoms with Crippen LogP contribution in [0, 0.1) is 12.8 Å². The van der Waals surface area contributed by atoms with Gasteiger partial charge in [-0.05, 0) is 51.3 Å². The molecule has 17 heavy (non-hydrogen) atoms. The van der Waals surface area contributed by atoms with Gasteiger partial charge in [0.05, 0.1) is 0 Å². The largest absolute Gasteiger partial charge is 0.312 e. The Morgan fingerprint density at radius 1 is 1.41 bits per heavy atom. The van der Waals surface area contributed by atoms with Gasteiger partial charge in [-0.1, -0.05) is 0 Å². The molecule has 3 atom stereocenters. The Morgan fingerprint density at radius 3 is 3.00 bits per heavy atom. The highest BCUT2D eigenvalue weighted by molar-refractivity contribution is 7.12. The Kier molecular flexibility index (Phi) is 3.24. The van der Waals surface area contributed by atoms with Gasteiger partial charge >= 0.3 is 0 Å². The van der Waals surface area contributed by atoms with E-state index in [-0.39, 0.29) is 0 Å². The third-order valence-electron chi connectivity index (χ3n) is 4.35. The molecule has 3 heteroatoms. The number of nitrogens with zero attached hydrogens (tertiary/aromatic N) is 1. The van der Waals surface area contributed by atoms with Crippen LogP contribution in [0.2, 0.25) is 0 Å². The summed E-state index contributed by atoms with van der Waals surface area (Å²) in [6.07, 6.45) is 2.78. The lowest BCUT2D eigenvalue weighted by Gasteiger charge is -2.25. The van der Waals surface area contributed by atoms with Crippen molar-refractivity contribution in [2.45, 2.75) is 38.8 Å². The summed E-state index contributed by atoms with van der Waals surface area (Å²) in [6.45, 7) is 8.31. The molecule has 3 heterocycles. The van der Waals surface area contributed by atoms with Gasteiger partial charge in [-0.2, -0.15) is 0 Å². The number of hydrogen-bond donors (Lipinski definition) is 1. The van der Waals surface area contributed by atoms with E-state index in [2.05, 4.69) is 36.2 Å². The summed E-state index contributed by atoms with van der Waals surface area (Å²) in [5.74, 6) is 0.896. The van der Waals surface area contributed by atoms with Crippen molar-refractivity contribution in [2.24, 2.45) is 5.92 Å². The summed E-state index contributed by atoms with van der Waals surface area (Å²) >= 11 is 1.95. The topological polar surface area (TPSA) is 15.3 Å². The summed E-state index contributed by atoms with van der Waals surface area (Å²) in [5.41, 5.74) is 0. The molecule has 2 saturated heterocycles. The maximum atomic E-state index is 3.68. The first-order valence-corrected chi connectivity index (χ1v) is 7.59. The third-order valence-corrected chi connectivity index (χ3v) is 5.52. The maximum Gasteiger partial charge on any atom is 0.0414 e.